The van der Waals surface area contributed by atoms with Crippen LogP contribution in [0.1, 0.15) is 11.1 Å². The third-order valence-corrected chi connectivity index (χ3v) is 4.52. The molecule has 154 valence electrons. The van der Waals surface area contributed by atoms with E-state index in [1.54, 1.807) is 20.3 Å². The Hall–Kier alpha value is -3.03. The minimum Gasteiger partial charge on any atom is -0.493 e. The molecule has 2 N–H and O–H groups in total. The van der Waals surface area contributed by atoms with Crippen molar-refractivity contribution in [3.05, 3.63) is 59.7 Å². The van der Waals surface area contributed by atoms with Crippen molar-refractivity contribution in [3.8, 4) is 17.2 Å². The fraction of sp³-hybridized carbons (Fsp3) is 0.318. The lowest BCUT2D eigenvalue weighted by Gasteiger charge is -2.26. The topological polar surface area (TPSA) is 72.1 Å². The zero-order valence-electron chi connectivity index (χ0n) is 16.8. The van der Waals surface area contributed by atoms with Gasteiger partial charge in [-0.2, -0.15) is 0 Å². The van der Waals surface area contributed by atoms with E-state index in [9.17, 15) is 4.79 Å². The maximum atomic E-state index is 12.2. The molecule has 0 saturated carbocycles. The first-order chi connectivity index (χ1) is 14.2. The summed E-state index contributed by atoms with van der Waals surface area (Å²) in [6.45, 7) is 3.70. The molecule has 0 bridgehead atoms. The Labute approximate surface area is 171 Å². The van der Waals surface area contributed by atoms with Crippen LogP contribution in [0.4, 0.5) is 0 Å². The lowest BCUT2D eigenvalue weighted by molar-refractivity contribution is -0.121. The van der Waals surface area contributed by atoms with Gasteiger partial charge in [-0.3, -0.25) is 10.2 Å². The number of carbonyl (C=O) groups is 1. The number of nitrogens with zero attached hydrogens (tertiary/aromatic N) is 1. The summed E-state index contributed by atoms with van der Waals surface area (Å²) in [5.41, 5.74) is 4.70. The quantitative estimate of drug-likeness (QED) is 0.666. The van der Waals surface area contributed by atoms with Gasteiger partial charge >= 0.3 is 0 Å². The van der Waals surface area contributed by atoms with Gasteiger partial charge in [-0.15, -0.1) is 0 Å². The van der Waals surface area contributed by atoms with Crippen LogP contribution in [0.3, 0.4) is 0 Å². The Morgan fingerprint density at radius 1 is 1.10 bits per heavy atom. The van der Waals surface area contributed by atoms with Crippen LogP contribution in [-0.2, 0) is 11.4 Å². The summed E-state index contributed by atoms with van der Waals surface area (Å²) < 4.78 is 16.9. The SMILES string of the molecule is COc1cc(/C=C/C(=O)NN2CCNCC2)cc(OC)c1OCc1ccccc1. The molecular weight excluding hydrogens is 370 g/mol. The van der Waals surface area contributed by atoms with Gasteiger partial charge in [0, 0.05) is 32.3 Å². The first-order valence-corrected chi connectivity index (χ1v) is 9.56. The summed E-state index contributed by atoms with van der Waals surface area (Å²) in [6.07, 6.45) is 3.23. The average Bonchev–Trinajstić information content (AvgIpc) is 2.77. The molecule has 0 aliphatic carbocycles. The van der Waals surface area contributed by atoms with Crippen molar-refractivity contribution >= 4 is 12.0 Å². The predicted octanol–water partition coefficient (Wildman–Crippen LogP) is 2.23. The van der Waals surface area contributed by atoms with Crippen molar-refractivity contribution in [3.63, 3.8) is 0 Å². The molecule has 1 aliphatic heterocycles. The van der Waals surface area contributed by atoms with Crippen LogP contribution in [0.5, 0.6) is 17.2 Å². The van der Waals surface area contributed by atoms with Crippen molar-refractivity contribution in [2.24, 2.45) is 0 Å². The second-order valence-corrected chi connectivity index (χ2v) is 6.58. The van der Waals surface area contributed by atoms with Gasteiger partial charge in [-0.05, 0) is 29.3 Å². The second kappa shape index (κ2) is 10.5. The number of carbonyl (C=O) groups excluding carboxylic acids is 1. The number of piperazine rings is 1. The molecule has 1 aliphatic rings. The minimum atomic E-state index is -0.172. The van der Waals surface area contributed by atoms with Crippen molar-refractivity contribution in [2.75, 3.05) is 40.4 Å². The molecule has 29 heavy (non-hydrogen) atoms. The number of methoxy groups -OCH3 is 2. The number of benzene rings is 2. The molecule has 1 heterocycles. The molecule has 3 rings (SSSR count). The third-order valence-electron chi connectivity index (χ3n) is 4.52. The molecule has 2 aromatic rings. The maximum absolute atomic E-state index is 12.2. The first-order valence-electron chi connectivity index (χ1n) is 9.56. The van der Waals surface area contributed by atoms with Crippen molar-refractivity contribution < 1.29 is 19.0 Å². The van der Waals surface area contributed by atoms with E-state index in [0.29, 0.717) is 23.9 Å². The monoisotopic (exact) mass is 397 g/mol. The third kappa shape index (κ3) is 5.97. The highest BCUT2D eigenvalue weighted by Crippen LogP contribution is 2.39. The predicted molar refractivity (Wildman–Crippen MR) is 112 cm³/mol. The lowest BCUT2D eigenvalue weighted by atomic mass is 10.1. The summed E-state index contributed by atoms with van der Waals surface area (Å²) in [5.74, 6) is 1.44. The maximum Gasteiger partial charge on any atom is 0.258 e. The van der Waals surface area contributed by atoms with Gasteiger partial charge in [-0.25, -0.2) is 5.01 Å². The smallest absolute Gasteiger partial charge is 0.258 e. The number of amides is 1. The van der Waals surface area contributed by atoms with Gasteiger partial charge in [0.1, 0.15) is 6.61 Å². The molecule has 0 atom stereocenters. The van der Waals surface area contributed by atoms with Gasteiger partial charge in [0.2, 0.25) is 5.75 Å². The number of nitrogens with one attached hydrogen (secondary N) is 2. The number of hydrogen-bond donors (Lipinski definition) is 2. The van der Waals surface area contributed by atoms with Gasteiger partial charge in [-0.1, -0.05) is 30.3 Å². The highest BCUT2D eigenvalue weighted by Gasteiger charge is 2.14. The molecule has 0 spiro atoms. The van der Waals surface area contributed by atoms with Crippen LogP contribution in [0.2, 0.25) is 0 Å². The lowest BCUT2D eigenvalue weighted by Crippen LogP contribution is -2.51. The Kier molecular flexibility index (Phi) is 7.49. The summed E-state index contributed by atoms with van der Waals surface area (Å²) in [6, 6.07) is 13.5. The average molecular weight is 397 g/mol. The second-order valence-electron chi connectivity index (χ2n) is 6.58. The zero-order valence-corrected chi connectivity index (χ0v) is 16.8. The fourth-order valence-electron chi connectivity index (χ4n) is 3.01. The molecule has 0 aromatic heterocycles. The normalized spacial score (nSPS) is 14.6. The van der Waals surface area contributed by atoms with Gasteiger partial charge in [0.05, 0.1) is 14.2 Å². The van der Waals surface area contributed by atoms with Crippen molar-refractivity contribution in [1.29, 1.82) is 0 Å². The molecule has 7 heteroatoms. The Morgan fingerprint density at radius 2 is 1.76 bits per heavy atom. The minimum absolute atomic E-state index is 0.172. The highest BCUT2D eigenvalue weighted by atomic mass is 16.5. The van der Waals surface area contributed by atoms with Crippen LogP contribution in [0.25, 0.3) is 6.08 Å². The van der Waals surface area contributed by atoms with Gasteiger partial charge < -0.3 is 19.5 Å². The Bertz CT molecular complexity index is 808. The zero-order chi connectivity index (χ0) is 20.5. The molecule has 1 fully saturated rings. The van der Waals surface area contributed by atoms with E-state index in [2.05, 4.69) is 10.7 Å². The van der Waals surface area contributed by atoms with E-state index in [1.165, 1.54) is 6.08 Å². The van der Waals surface area contributed by atoms with Crippen molar-refractivity contribution in [1.82, 2.24) is 15.8 Å². The number of ether oxygens (including phenoxy) is 3. The summed E-state index contributed by atoms with van der Waals surface area (Å²) in [4.78, 5) is 12.2. The first kappa shape index (κ1) is 20.7. The van der Waals surface area contributed by atoms with Crippen LogP contribution in [-0.4, -0.2) is 51.3 Å². The van der Waals surface area contributed by atoms with E-state index in [-0.39, 0.29) is 5.91 Å². The van der Waals surface area contributed by atoms with Crippen LogP contribution >= 0.6 is 0 Å². The van der Waals surface area contributed by atoms with Crippen LogP contribution in [0.15, 0.2) is 48.5 Å². The molecule has 1 amide bonds. The highest BCUT2D eigenvalue weighted by molar-refractivity contribution is 5.91. The Morgan fingerprint density at radius 3 is 2.38 bits per heavy atom. The molecule has 0 radical (unpaired) electrons. The van der Waals surface area contributed by atoms with Crippen LogP contribution in [0, 0.1) is 0 Å². The number of hydrazine groups is 1. The number of rotatable bonds is 8. The van der Waals surface area contributed by atoms with E-state index in [0.717, 1.165) is 37.3 Å². The van der Waals surface area contributed by atoms with Gasteiger partial charge in [0.25, 0.3) is 5.91 Å². The largest absolute Gasteiger partial charge is 0.493 e. The molecule has 1 saturated heterocycles. The van der Waals surface area contributed by atoms with E-state index >= 15 is 0 Å². The molecule has 7 nitrogen and oxygen atoms in total. The van der Waals surface area contributed by atoms with Gasteiger partial charge in [0.15, 0.2) is 11.5 Å². The number of hydrogen-bond acceptors (Lipinski definition) is 6. The van der Waals surface area contributed by atoms with E-state index < -0.39 is 0 Å². The van der Waals surface area contributed by atoms with E-state index in [4.69, 9.17) is 14.2 Å². The standard InChI is InChI=1S/C22H27N3O4/c1-27-19-14-18(8-9-21(26)24-25-12-10-23-11-13-25)15-20(28-2)22(19)29-16-17-6-4-3-5-7-17/h3-9,14-15,23H,10-13,16H2,1-2H3,(H,24,26)/b9-8+. The molecule has 2 aromatic carbocycles. The van der Waals surface area contributed by atoms with Crippen molar-refractivity contribution in [2.45, 2.75) is 6.61 Å². The molecular formula is C22H27N3O4. The van der Waals surface area contributed by atoms with Crippen LogP contribution < -0.4 is 25.0 Å². The summed E-state index contributed by atoms with van der Waals surface area (Å²) in [5, 5.41) is 5.15. The fourth-order valence-corrected chi connectivity index (χ4v) is 3.01. The van der Waals surface area contributed by atoms with E-state index in [1.807, 2.05) is 47.5 Å². The molecule has 0 unspecified atom stereocenters. The summed E-state index contributed by atoms with van der Waals surface area (Å²) in [7, 11) is 3.16. The summed E-state index contributed by atoms with van der Waals surface area (Å²) >= 11 is 0. The Balaban J connectivity index is 1.70.